The second-order valence-corrected chi connectivity index (χ2v) is 8.58. The minimum atomic E-state index is 1.02. The maximum Gasteiger partial charge on any atom is -0.0172 e. The third-order valence-electron chi connectivity index (χ3n) is 5.75. The average Bonchev–Trinajstić information content (AvgIpc) is 2.71. The van der Waals surface area contributed by atoms with Crippen LogP contribution in [0.15, 0.2) is 37.5 Å². The van der Waals surface area contributed by atoms with E-state index in [1.807, 2.05) is 12.2 Å². The second-order valence-electron chi connectivity index (χ2n) is 8.58. The van der Waals surface area contributed by atoms with Gasteiger partial charge in [0.2, 0.25) is 0 Å². The molecule has 0 fully saturated rings. The SMILES string of the molecule is C=CCC=CCCCCCCCCCCCCCCCCCCCCCC=C. The lowest BCUT2D eigenvalue weighted by Crippen LogP contribution is -1.84. The molecule has 0 aromatic rings. The Bertz CT molecular complexity index is 325. The molecule has 0 radical (unpaired) electrons. The predicted molar refractivity (Wildman–Crippen MR) is 131 cm³/mol. The van der Waals surface area contributed by atoms with Gasteiger partial charge in [0.25, 0.3) is 0 Å². The summed E-state index contributed by atoms with van der Waals surface area (Å²) in [5.74, 6) is 0. The third-order valence-corrected chi connectivity index (χ3v) is 5.75. The Morgan fingerprint density at radius 2 is 0.643 bits per heavy atom. The summed E-state index contributed by atoms with van der Waals surface area (Å²) in [7, 11) is 0. The van der Waals surface area contributed by atoms with Crippen molar-refractivity contribution in [3.63, 3.8) is 0 Å². The van der Waals surface area contributed by atoms with Crippen molar-refractivity contribution in [1.29, 1.82) is 0 Å². The van der Waals surface area contributed by atoms with Crippen molar-refractivity contribution in [3.8, 4) is 0 Å². The fraction of sp³-hybridized carbons (Fsp3) is 0.786. The van der Waals surface area contributed by atoms with Crippen LogP contribution in [0.1, 0.15) is 141 Å². The summed E-state index contributed by atoms with van der Waals surface area (Å²) in [5.41, 5.74) is 0. The van der Waals surface area contributed by atoms with Crippen molar-refractivity contribution >= 4 is 0 Å². The molecule has 0 spiro atoms. The van der Waals surface area contributed by atoms with Crippen LogP contribution in [0.4, 0.5) is 0 Å². The summed E-state index contributed by atoms with van der Waals surface area (Å²) >= 11 is 0. The number of unbranched alkanes of at least 4 members (excludes halogenated alkanes) is 20. The van der Waals surface area contributed by atoms with Crippen LogP contribution < -0.4 is 0 Å². The Hall–Kier alpha value is -0.780. The van der Waals surface area contributed by atoms with Gasteiger partial charge in [0.1, 0.15) is 0 Å². The summed E-state index contributed by atoms with van der Waals surface area (Å²) in [5, 5.41) is 0. The molecule has 28 heavy (non-hydrogen) atoms. The van der Waals surface area contributed by atoms with Crippen molar-refractivity contribution < 1.29 is 0 Å². The molecule has 0 bridgehead atoms. The van der Waals surface area contributed by atoms with Gasteiger partial charge in [0.15, 0.2) is 0 Å². The van der Waals surface area contributed by atoms with E-state index in [2.05, 4.69) is 25.3 Å². The van der Waals surface area contributed by atoms with E-state index in [1.165, 1.54) is 135 Å². The van der Waals surface area contributed by atoms with Gasteiger partial charge in [-0.05, 0) is 32.1 Å². The molecule has 164 valence electrons. The zero-order chi connectivity index (χ0) is 20.4. The molecule has 0 aromatic carbocycles. The Kier molecular flexibility index (Phi) is 25.5. The van der Waals surface area contributed by atoms with Crippen molar-refractivity contribution in [2.45, 2.75) is 141 Å². The Morgan fingerprint density at radius 1 is 0.321 bits per heavy atom. The Labute approximate surface area is 179 Å². The van der Waals surface area contributed by atoms with E-state index < -0.39 is 0 Å². The van der Waals surface area contributed by atoms with Gasteiger partial charge in [-0.15, -0.1) is 13.2 Å². The zero-order valence-electron chi connectivity index (χ0n) is 19.3. The maximum absolute atomic E-state index is 3.79. The number of allylic oxidation sites excluding steroid dienone is 4. The van der Waals surface area contributed by atoms with Crippen LogP contribution >= 0.6 is 0 Å². The smallest absolute Gasteiger partial charge is 0.0172 e. The monoisotopic (exact) mass is 388 g/mol. The van der Waals surface area contributed by atoms with Crippen molar-refractivity contribution in [1.82, 2.24) is 0 Å². The first-order chi connectivity index (χ1) is 13.9. The first-order valence-corrected chi connectivity index (χ1v) is 12.8. The second kappa shape index (κ2) is 26.2. The molecule has 0 heterocycles. The molecule has 0 saturated heterocycles. The highest BCUT2D eigenvalue weighted by Gasteiger charge is 1.95. The first-order valence-electron chi connectivity index (χ1n) is 12.8. The van der Waals surface area contributed by atoms with Gasteiger partial charge >= 0.3 is 0 Å². The van der Waals surface area contributed by atoms with Crippen molar-refractivity contribution in [2.75, 3.05) is 0 Å². The lowest BCUT2D eigenvalue weighted by molar-refractivity contribution is 0.522. The van der Waals surface area contributed by atoms with Crippen LogP contribution in [0.2, 0.25) is 0 Å². The molecule has 0 rings (SSSR count). The van der Waals surface area contributed by atoms with Crippen LogP contribution in [0, 0.1) is 0 Å². The molecule has 0 nitrogen and oxygen atoms in total. The van der Waals surface area contributed by atoms with Gasteiger partial charge in [-0.1, -0.05) is 133 Å². The molecule has 0 aromatic heterocycles. The molecule has 0 amide bonds. The van der Waals surface area contributed by atoms with Gasteiger partial charge in [0.05, 0.1) is 0 Å². The number of rotatable bonds is 24. The van der Waals surface area contributed by atoms with Gasteiger partial charge in [0, 0.05) is 0 Å². The van der Waals surface area contributed by atoms with E-state index in [-0.39, 0.29) is 0 Å². The molecule has 0 unspecified atom stereocenters. The zero-order valence-corrected chi connectivity index (χ0v) is 19.3. The molecule has 0 aliphatic rings. The summed E-state index contributed by atoms with van der Waals surface area (Å²) in [4.78, 5) is 0. The highest BCUT2D eigenvalue weighted by molar-refractivity contribution is 4.87. The number of hydrogen-bond donors (Lipinski definition) is 0. The van der Waals surface area contributed by atoms with Crippen molar-refractivity contribution in [2.24, 2.45) is 0 Å². The highest BCUT2D eigenvalue weighted by Crippen LogP contribution is 2.15. The third kappa shape index (κ3) is 25.2. The molecule has 0 aliphatic heterocycles. The normalized spacial score (nSPS) is 11.3. The van der Waals surface area contributed by atoms with Gasteiger partial charge in [-0.2, -0.15) is 0 Å². The Morgan fingerprint density at radius 3 is 0.964 bits per heavy atom. The molecule has 0 N–H and O–H groups in total. The largest absolute Gasteiger partial charge is 0.103 e. The van der Waals surface area contributed by atoms with E-state index in [0.29, 0.717) is 0 Å². The van der Waals surface area contributed by atoms with Gasteiger partial charge in [-0.3, -0.25) is 0 Å². The Balaban J connectivity index is 3.01. The van der Waals surface area contributed by atoms with Crippen molar-refractivity contribution in [3.05, 3.63) is 37.5 Å². The minimum absolute atomic E-state index is 1.02. The van der Waals surface area contributed by atoms with E-state index >= 15 is 0 Å². The lowest BCUT2D eigenvalue weighted by Gasteiger charge is -2.04. The summed E-state index contributed by atoms with van der Waals surface area (Å²) in [6.45, 7) is 7.52. The summed E-state index contributed by atoms with van der Waals surface area (Å²) < 4.78 is 0. The standard InChI is InChI=1S/C28H52/c1-3-5-7-9-11-13-15-17-19-21-23-25-27-28-26-24-22-20-18-16-14-12-10-8-6-4-2/h3-4,7,9H,1-2,5-6,8,10-28H2. The molecule has 0 saturated carbocycles. The fourth-order valence-electron chi connectivity index (χ4n) is 3.87. The molecule has 0 aliphatic carbocycles. The van der Waals surface area contributed by atoms with E-state index in [9.17, 15) is 0 Å². The summed E-state index contributed by atoms with van der Waals surface area (Å²) in [6, 6.07) is 0. The molecule has 0 atom stereocenters. The molecular formula is C28H52. The van der Waals surface area contributed by atoms with Crippen LogP contribution in [-0.4, -0.2) is 0 Å². The minimum Gasteiger partial charge on any atom is -0.103 e. The van der Waals surface area contributed by atoms with Crippen LogP contribution in [0.5, 0.6) is 0 Å². The van der Waals surface area contributed by atoms with Crippen LogP contribution in [0.25, 0.3) is 0 Å². The van der Waals surface area contributed by atoms with E-state index in [4.69, 9.17) is 0 Å². The molecule has 0 heteroatoms. The van der Waals surface area contributed by atoms with Crippen LogP contribution in [-0.2, 0) is 0 Å². The fourth-order valence-corrected chi connectivity index (χ4v) is 3.87. The maximum atomic E-state index is 3.79. The quantitative estimate of drug-likeness (QED) is 0.114. The van der Waals surface area contributed by atoms with Crippen LogP contribution in [0.3, 0.4) is 0 Å². The first kappa shape index (κ1) is 27.2. The molecular weight excluding hydrogens is 336 g/mol. The lowest BCUT2D eigenvalue weighted by atomic mass is 10.0. The predicted octanol–water partition coefficient (Wildman–Crippen LogP) is 10.5. The average molecular weight is 389 g/mol. The highest BCUT2D eigenvalue weighted by atomic mass is 14.0. The van der Waals surface area contributed by atoms with Gasteiger partial charge < -0.3 is 0 Å². The van der Waals surface area contributed by atoms with E-state index in [0.717, 1.165) is 6.42 Å². The summed E-state index contributed by atoms with van der Waals surface area (Å²) in [6.07, 6.45) is 39.5. The topological polar surface area (TPSA) is 0 Å². The number of hydrogen-bond acceptors (Lipinski definition) is 0. The van der Waals surface area contributed by atoms with E-state index in [1.54, 1.807) is 0 Å². The van der Waals surface area contributed by atoms with Gasteiger partial charge in [-0.25, -0.2) is 0 Å².